The zero-order valence-corrected chi connectivity index (χ0v) is 18.5. The summed E-state index contributed by atoms with van der Waals surface area (Å²) in [5, 5.41) is 8.11. The number of unbranched alkanes of at least 4 members (excludes halogenated alkanes) is 1. The lowest BCUT2D eigenvalue weighted by atomic mass is 10.0. The van der Waals surface area contributed by atoms with Gasteiger partial charge < -0.3 is 19.8 Å². The molecule has 5 amide bonds. The molecular formula is C23H24N4O7. The van der Waals surface area contributed by atoms with E-state index in [0.717, 1.165) is 4.90 Å². The molecule has 3 N–H and O–H groups in total. The number of amides is 5. The summed E-state index contributed by atoms with van der Waals surface area (Å²) in [6.07, 6.45) is 1.53. The molecule has 3 heterocycles. The maximum atomic E-state index is 13.1. The first-order valence-electron chi connectivity index (χ1n) is 10.9. The highest BCUT2D eigenvalue weighted by molar-refractivity contribution is 6.25. The highest BCUT2D eigenvalue weighted by Crippen LogP contribution is 2.32. The van der Waals surface area contributed by atoms with Crippen molar-refractivity contribution in [3.05, 3.63) is 47.2 Å². The maximum absolute atomic E-state index is 13.1. The number of nitrogens with zero attached hydrogens (tertiary/aromatic N) is 1. The number of carbonyl (C=O) groups excluding carboxylic acids is 5. The van der Waals surface area contributed by atoms with Crippen molar-refractivity contribution in [2.24, 2.45) is 0 Å². The highest BCUT2D eigenvalue weighted by atomic mass is 16.6. The monoisotopic (exact) mass is 468 g/mol. The molecule has 0 bridgehead atoms. The van der Waals surface area contributed by atoms with Crippen LogP contribution in [0.4, 0.5) is 5.69 Å². The molecule has 11 heteroatoms. The standard InChI is InChI=1S/C23H24N4O7/c1-33-18-10-8-16(34-18)21(30)25-12-3-2-11-24-14-6-4-5-13-19(14)23(32)27(22(13)31)15-7-9-17(28)26-20(15)29/h4-6,8,10,15,24H,2-3,7,9,11-12H2,1H3,(H,25,30)(H,26,28,29). The Morgan fingerprint density at radius 3 is 2.65 bits per heavy atom. The van der Waals surface area contributed by atoms with E-state index in [1.807, 2.05) is 0 Å². The van der Waals surface area contributed by atoms with E-state index in [2.05, 4.69) is 16.0 Å². The van der Waals surface area contributed by atoms with E-state index in [-0.39, 0.29) is 41.6 Å². The first-order chi connectivity index (χ1) is 16.4. The molecule has 178 valence electrons. The van der Waals surface area contributed by atoms with Gasteiger partial charge in [0.05, 0.1) is 18.2 Å². The predicted molar refractivity (Wildman–Crippen MR) is 118 cm³/mol. The van der Waals surface area contributed by atoms with E-state index in [1.54, 1.807) is 24.3 Å². The molecular weight excluding hydrogens is 444 g/mol. The van der Waals surface area contributed by atoms with E-state index in [9.17, 15) is 24.0 Å². The molecule has 0 spiro atoms. The number of ether oxygens (including phenoxy) is 1. The van der Waals surface area contributed by atoms with Crippen LogP contribution in [0.2, 0.25) is 0 Å². The van der Waals surface area contributed by atoms with Crippen molar-refractivity contribution in [1.82, 2.24) is 15.5 Å². The van der Waals surface area contributed by atoms with Crippen molar-refractivity contribution >= 4 is 35.2 Å². The molecule has 1 atom stereocenters. The van der Waals surface area contributed by atoms with Gasteiger partial charge in [-0.15, -0.1) is 0 Å². The molecule has 11 nitrogen and oxygen atoms in total. The highest BCUT2D eigenvalue weighted by Gasteiger charge is 2.45. The topological polar surface area (TPSA) is 147 Å². The Hall–Kier alpha value is -4.15. The van der Waals surface area contributed by atoms with Crippen molar-refractivity contribution in [2.75, 3.05) is 25.5 Å². The predicted octanol–water partition coefficient (Wildman–Crippen LogP) is 1.31. The summed E-state index contributed by atoms with van der Waals surface area (Å²) in [7, 11) is 1.45. The van der Waals surface area contributed by atoms with Gasteiger partial charge in [0.1, 0.15) is 6.04 Å². The van der Waals surface area contributed by atoms with Crippen LogP contribution in [-0.4, -0.2) is 60.7 Å². The van der Waals surface area contributed by atoms with E-state index in [0.29, 0.717) is 31.6 Å². The first kappa shape index (κ1) is 23.0. The molecule has 0 saturated carbocycles. The number of rotatable bonds is 9. The van der Waals surface area contributed by atoms with Crippen molar-refractivity contribution in [1.29, 1.82) is 0 Å². The van der Waals surface area contributed by atoms with Crippen LogP contribution < -0.4 is 20.7 Å². The summed E-state index contributed by atoms with van der Waals surface area (Å²) in [4.78, 5) is 62.5. The molecule has 1 aromatic carbocycles. The Morgan fingerprint density at radius 1 is 1.12 bits per heavy atom. The van der Waals surface area contributed by atoms with Gasteiger partial charge in [0.15, 0.2) is 5.76 Å². The Morgan fingerprint density at radius 2 is 1.91 bits per heavy atom. The molecule has 2 aromatic rings. The fourth-order valence-corrected chi connectivity index (χ4v) is 3.98. The number of anilines is 1. The minimum Gasteiger partial charge on any atom is -0.468 e. The van der Waals surface area contributed by atoms with E-state index < -0.39 is 29.7 Å². The number of fused-ring (bicyclic) bond motifs is 1. The van der Waals surface area contributed by atoms with E-state index >= 15 is 0 Å². The quantitative estimate of drug-likeness (QED) is 0.369. The van der Waals surface area contributed by atoms with Gasteiger partial charge in [0.25, 0.3) is 23.7 Å². The van der Waals surface area contributed by atoms with Gasteiger partial charge in [0.2, 0.25) is 11.8 Å². The van der Waals surface area contributed by atoms with Crippen molar-refractivity contribution < 1.29 is 33.1 Å². The summed E-state index contributed by atoms with van der Waals surface area (Å²) < 4.78 is 10.1. The SMILES string of the molecule is COc1ccc(C(=O)NCCCCNc2cccc3c2C(=O)N(C2CCC(=O)NC2=O)C3=O)o1. The maximum Gasteiger partial charge on any atom is 0.287 e. The summed E-state index contributed by atoms with van der Waals surface area (Å²) in [6.45, 7) is 0.928. The Bertz CT molecular complexity index is 1160. The smallest absolute Gasteiger partial charge is 0.287 e. The van der Waals surface area contributed by atoms with Gasteiger partial charge in [-0.2, -0.15) is 0 Å². The van der Waals surface area contributed by atoms with E-state index in [4.69, 9.17) is 9.15 Å². The van der Waals surface area contributed by atoms with Crippen LogP contribution in [0.1, 0.15) is 57.0 Å². The molecule has 0 aliphatic carbocycles. The molecule has 34 heavy (non-hydrogen) atoms. The van der Waals surface area contributed by atoms with Crippen molar-refractivity contribution in [3.8, 4) is 5.95 Å². The van der Waals surface area contributed by atoms with Gasteiger partial charge in [-0.05, 0) is 37.5 Å². The van der Waals surface area contributed by atoms with E-state index in [1.165, 1.54) is 13.2 Å². The first-order valence-corrected chi connectivity index (χ1v) is 10.9. The lowest BCUT2D eigenvalue weighted by Gasteiger charge is -2.27. The summed E-state index contributed by atoms with van der Waals surface area (Å²) in [5.74, 6) is -2.08. The van der Waals surface area contributed by atoms with Crippen molar-refractivity contribution in [3.63, 3.8) is 0 Å². The number of furan rings is 1. The molecule has 4 rings (SSSR count). The largest absolute Gasteiger partial charge is 0.468 e. The normalized spacial score (nSPS) is 17.4. The van der Waals surface area contributed by atoms with Crippen LogP contribution in [-0.2, 0) is 9.59 Å². The Balaban J connectivity index is 1.30. The van der Waals surface area contributed by atoms with Gasteiger partial charge in [-0.1, -0.05) is 6.07 Å². The molecule has 1 saturated heterocycles. The lowest BCUT2D eigenvalue weighted by molar-refractivity contribution is -0.136. The zero-order valence-electron chi connectivity index (χ0n) is 18.5. The minimum absolute atomic E-state index is 0.0684. The van der Waals surface area contributed by atoms with Crippen LogP contribution in [0.5, 0.6) is 5.95 Å². The number of carbonyl (C=O) groups is 5. The minimum atomic E-state index is -1.00. The third kappa shape index (κ3) is 4.49. The van der Waals surface area contributed by atoms with Crippen LogP contribution in [0, 0.1) is 0 Å². The van der Waals surface area contributed by atoms with Crippen LogP contribution in [0.25, 0.3) is 0 Å². The number of nitrogens with one attached hydrogen (secondary N) is 3. The third-order valence-electron chi connectivity index (χ3n) is 5.68. The number of methoxy groups -OCH3 is 1. The fraction of sp³-hybridized carbons (Fsp3) is 0.348. The number of piperidine rings is 1. The van der Waals surface area contributed by atoms with Gasteiger partial charge in [0, 0.05) is 31.3 Å². The average molecular weight is 468 g/mol. The average Bonchev–Trinajstić information content (AvgIpc) is 3.40. The van der Waals surface area contributed by atoms with Crippen molar-refractivity contribution in [2.45, 2.75) is 31.7 Å². The van der Waals surface area contributed by atoms with Crippen LogP contribution in [0.3, 0.4) is 0 Å². The number of hydrogen-bond donors (Lipinski definition) is 3. The lowest BCUT2D eigenvalue weighted by Crippen LogP contribution is -2.54. The second-order valence-electron chi connectivity index (χ2n) is 7.89. The van der Waals surface area contributed by atoms with Crippen LogP contribution >= 0.6 is 0 Å². The molecule has 0 radical (unpaired) electrons. The van der Waals surface area contributed by atoms with Crippen LogP contribution in [0.15, 0.2) is 34.7 Å². The van der Waals surface area contributed by atoms with Gasteiger partial charge in [-0.25, -0.2) is 0 Å². The molecule has 2 aliphatic rings. The molecule has 2 aliphatic heterocycles. The fourth-order valence-electron chi connectivity index (χ4n) is 3.98. The summed E-state index contributed by atoms with van der Waals surface area (Å²) >= 11 is 0. The Kier molecular flexibility index (Phi) is 6.62. The number of imide groups is 2. The molecule has 1 aromatic heterocycles. The summed E-state index contributed by atoms with van der Waals surface area (Å²) in [6, 6.07) is 7.00. The Labute approximate surface area is 194 Å². The number of hydrogen-bond acceptors (Lipinski definition) is 8. The molecule has 1 unspecified atom stereocenters. The van der Waals surface area contributed by atoms with Gasteiger partial charge >= 0.3 is 0 Å². The molecule has 1 fully saturated rings. The summed E-state index contributed by atoms with van der Waals surface area (Å²) in [5.41, 5.74) is 0.940. The zero-order chi connectivity index (χ0) is 24.2. The third-order valence-corrected chi connectivity index (χ3v) is 5.68. The number of benzene rings is 1. The second-order valence-corrected chi connectivity index (χ2v) is 7.89. The van der Waals surface area contributed by atoms with Gasteiger partial charge in [-0.3, -0.25) is 34.2 Å². The second kappa shape index (κ2) is 9.77.